The summed E-state index contributed by atoms with van der Waals surface area (Å²) in [7, 11) is 0. The van der Waals surface area contributed by atoms with Crippen LogP contribution in [0.2, 0.25) is 0 Å². The molecule has 2 N–H and O–H groups in total. The quantitative estimate of drug-likeness (QED) is 0.706. The van der Waals surface area contributed by atoms with E-state index in [0.717, 1.165) is 12.3 Å². The second kappa shape index (κ2) is 3.21. The second-order valence-corrected chi connectivity index (χ2v) is 2.37. The predicted molar refractivity (Wildman–Crippen MR) is 36.8 cm³/mol. The number of alkyl halides is 3. The number of pyridine rings is 1. The Balaban J connectivity index is 3.13. The highest BCUT2D eigenvalue weighted by molar-refractivity contribution is 5.31. The lowest BCUT2D eigenvalue weighted by atomic mass is 10.2. The molecule has 13 heavy (non-hydrogen) atoms. The average molecular weight is 193 g/mol. The Bertz CT molecular complexity index is 311. The summed E-state index contributed by atoms with van der Waals surface area (Å²) in [6.07, 6.45) is -3.80. The Morgan fingerprint density at radius 1 is 1.38 bits per heavy atom. The molecule has 1 rings (SSSR count). The zero-order valence-electron chi connectivity index (χ0n) is 6.34. The molecule has 0 saturated carbocycles. The molecular weight excluding hydrogens is 187 g/mol. The molecule has 0 unspecified atom stereocenters. The van der Waals surface area contributed by atoms with E-state index >= 15 is 0 Å². The Morgan fingerprint density at radius 3 is 2.38 bits per heavy atom. The third-order valence-electron chi connectivity index (χ3n) is 1.38. The van der Waals surface area contributed by atoms with Crippen molar-refractivity contribution in [3.05, 3.63) is 23.5 Å². The summed E-state index contributed by atoms with van der Waals surface area (Å²) >= 11 is 0. The summed E-state index contributed by atoms with van der Waals surface area (Å²) < 4.78 is 36.0. The van der Waals surface area contributed by atoms with E-state index in [0.29, 0.717) is 0 Å². The van der Waals surface area contributed by atoms with Crippen LogP contribution in [-0.4, -0.2) is 15.2 Å². The van der Waals surface area contributed by atoms with Gasteiger partial charge in [0, 0.05) is 6.20 Å². The summed E-state index contributed by atoms with van der Waals surface area (Å²) in [6, 6.07) is 0.829. The maximum absolute atomic E-state index is 12.0. The molecule has 0 saturated heterocycles. The third-order valence-corrected chi connectivity index (χ3v) is 1.38. The van der Waals surface area contributed by atoms with E-state index in [4.69, 9.17) is 10.2 Å². The van der Waals surface area contributed by atoms with Crippen LogP contribution in [0.5, 0.6) is 5.75 Å². The molecule has 1 heterocycles. The molecule has 0 aliphatic rings. The van der Waals surface area contributed by atoms with E-state index in [-0.39, 0.29) is 5.56 Å². The minimum atomic E-state index is -4.67. The van der Waals surface area contributed by atoms with Crippen molar-refractivity contribution in [2.75, 3.05) is 0 Å². The molecule has 3 nitrogen and oxygen atoms in total. The van der Waals surface area contributed by atoms with Crippen molar-refractivity contribution in [2.24, 2.45) is 0 Å². The molecule has 0 radical (unpaired) electrons. The fourth-order valence-electron chi connectivity index (χ4n) is 0.800. The fraction of sp³-hybridized carbons (Fsp3) is 0.286. The molecule has 1 aromatic heterocycles. The van der Waals surface area contributed by atoms with Crippen LogP contribution in [0.25, 0.3) is 0 Å². The second-order valence-electron chi connectivity index (χ2n) is 2.37. The first kappa shape index (κ1) is 9.79. The minimum absolute atomic E-state index is 0.130. The number of aromatic hydroxyl groups is 1. The smallest absolute Gasteiger partial charge is 0.437 e. The SMILES string of the molecule is OCc1cnc(C(F)(F)F)c(O)c1. The molecule has 0 aliphatic carbocycles. The van der Waals surface area contributed by atoms with Crippen molar-refractivity contribution in [1.82, 2.24) is 4.98 Å². The summed E-state index contributed by atoms with van der Waals surface area (Å²) in [5, 5.41) is 17.4. The van der Waals surface area contributed by atoms with Gasteiger partial charge >= 0.3 is 6.18 Å². The number of rotatable bonds is 1. The first-order chi connectivity index (χ1) is 5.95. The zero-order valence-corrected chi connectivity index (χ0v) is 6.34. The van der Waals surface area contributed by atoms with Gasteiger partial charge in [-0.05, 0) is 11.6 Å². The van der Waals surface area contributed by atoms with Crippen LogP contribution in [0, 0.1) is 0 Å². The van der Waals surface area contributed by atoms with Gasteiger partial charge < -0.3 is 10.2 Å². The number of aliphatic hydroxyl groups excluding tert-OH is 1. The number of halogens is 3. The highest BCUT2D eigenvalue weighted by atomic mass is 19.4. The zero-order chi connectivity index (χ0) is 10.1. The summed E-state index contributed by atoms with van der Waals surface area (Å²) in [5.74, 6) is -0.973. The van der Waals surface area contributed by atoms with Crippen LogP contribution in [0.4, 0.5) is 13.2 Å². The first-order valence-corrected chi connectivity index (χ1v) is 3.31. The highest BCUT2D eigenvalue weighted by Gasteiger charge is 2.35. The van der Waals surface area contributed by atoms with Crippen LogP contribution in [-0.2, 0) is 12.8 Å². The summed E-state index contributed by atoms with van der Waals surface area (Å²) in [5.41, 5.74) is -1.21. The molecule has 6 heteroatoms. The van der Waals surface area contributed by atoms with Gasteiger partial charge in [-0.15, -0.1) is 0 Å². The maximum Gasteiger partial charge on any atom is 0.437 e. The lowest BCUT2D eigenvalue weighted by molar-refractivity contribution is -0.142. The largest absolute Gasteiger partial charge is 0.506 e. The van der Waals surface area contributed by atoms with Crippen LogP contribution in [0.1, 0.15) is 11.3 Å². The van der Waals surface area contributed by atoms with E-state index in [1.54, 1.807) is 0 Å². The molecule has 0 amide bonds. The van der Waals surface area contributed by atoms with Crippen molar-refractivity contribution in [1.29, 1.82) is 0 Å². The number of nitrogens with zero attached hydrogens (tertiary/aromatic N) is 1. The summed E-state index contributed by atoms with van der Waals surface area (Å²) in [4.78, 5) is 2.99. The van der Waals surface area contributed by atoms with Gasteiger partial charge in [0.05, 0.1) is 6.61 Å². The molecular formula is C7H6F3NO2. The molecule has 0 aromatic carbocycles. The van der Waals surface area contributed by atoms with E-state index < -0.39 is 24.2 Å². The molecule has 0 atom stereocenters. The van der Waals surface area contributed by atoms with Crippen LogP contribution >= 0.6 is 0 Å². The van der Waals surface area contributed by atoms with Gasteiger partial charge in [0.2, 0.25) is 0 Å². The third kappa shape index (κ3) is 2.09. The van der Waals surface area contributed by atoms with Gasteiger partial charge in [-0.1, -0.05) is 0 Å². The Morgan fingerprint density at radius 2 is 2.00 bits per heavy atom. The minimum Gasteiger partial charge on any atom is -0.506 e. The van der Waals surface area contributed by atoms with Gasteiger partial charge in [-0.2, -0.15) is 13.2 Å². The fourth-order valence-corrected chi connectivity index (χ4v) is 0.800. The predicted octanol–water partition coefficient (Wildman–Crippen LogP) is 1.30. The number of aromatic nitrogens is 1. The average Bonchev–Trinajstić information content (AvgIpc) is 2.01. The Labute approximate surface area is 71.5 Å². The lowest BCUT2D eigenvalue weighted by Crippen LogP contribution is -2.08. The number of aliphatic hydroxyl groups is 1. The van der Waals surface area contributed by atoms with E-state index in [1.807, 2.05) is 0 Å². The topological polar surface area (TPSA) is 53.4 Å². The van der Waals surface area contributed by atoms with Gasteiger partial charge in [0.1, 0.15) is 5.75 Å². The number of hydrogen-bond acceptors (Lipinski definition) is 3. The Hall–Kier alpha value is -1.30. The van der Waals surface area contributed by atoms with Crippen molar-refractivity contribution < 1.29 is 23.4 Å². The Kier molecular flexibility index (Phi) is 2.42. The lowest BCUT2D eigenvalue weighted by Gasteiger charge is -2.07. The van der Waals surface area contributed by atoms with Crippen LogP contribution in [0.15, 0.2) is 12.3 Å². The molecule has 0 fully saturated rings. The molecule has 0 spiro atoms. The van der Waals surface area contributed by atoms with E-state index in [1.165, 1.54) is 0 Å². The molecule has 0 bridgehead atoms. The van der Waals surface area contributed by atoms with Crippen molar-refractivity contribution in [3.8, 4) is 5.75 Å². The van der Waals surface area contributed by atoms with Gasteiger partial charge in [0.25, 0.3) is 0 Å². The van der Waals surface area contributed by atoms with Crippen molar-refractivity contribution in [3.63, 3.8) is 0 Å². The van der Waals surface area contributed by atoms with Crippen LogP contribution in [0.3, 0.4) is 0 Å². The normalized spacial score (nSPS) is 11.7. The standard InChI is InChI=1S/C7H6F3NO2/c8-7(9,10)6-5(13)1-4(3-12)2-11-6/h1-2,12-13H,3H2. The van der Waals surface area contributed by atoms with E-state index in [9.17, 15) is 13.2 Å². The number of hydrogen-bond donors (Lipinski definition) is 2. The molecule has 1 aromatic rings. The first-order valence-electron chi connectivity index (χ1n) is 3.31. The van der Waals surface area contributed by atoms with E-state index in [2.05, 4.69) is 4.98 Å². The van der Waals surface area contributed by atoms with Gasteiger partial charge in [-0.25, -0.2) is 4.98 Å². The van der Waals surface area contributed by atoms with Crippen molar-refractivity contribution in [2.45, 2.75) is 12.8 Å². The molecule has 72 valence electrons. The molecule has 0 aliphatic heterocycles. The van der Waals surface area contributed by atoms with Crippen molar-refractivity contribution >= 4 is 0 Å². The van der Waals surface area contributed by atoms with Gasteiger partial charge in [0.15, 0.2) is 5.69 Å². The summed E-state index contributed by atoms with van der Waals surface area (Å²) in [6.45, 7) is -0.460. The maximum atomic E-state index is 12.0. The van der Waals surface area contributed by atoms with Crippen LogP contribution < -0.4 is 0 Å². The van der Waals surface area contributed by atoms with Gasteiger partial charge in [-0.3, -0.25) is 0 Å². The monoisotopic (exact) mass is 193 g/mol. The highest BCUT2D eigenvalue weighted by Crippen LogP contribution is 2.33.